The predicted octanol–water partition coefficient (Wildman–Crippen LogP) is 1.65. The fourth-order valence-corrected chi connectivity index (χ4v) is 2.22. The molecule has 1 aliphatic heterocycles. The number of carbonyl (C=O) groups excluding carboxylic acids is 1. The summed E-state index contributed by atoms with van der Waals surface area (Å²) in [4.78, 5) is 14.1. The molecule has 0 bridgehead atoms. The van der Waals surface area contributed by atoms with Gasteiger partial charge in [-0.3, -0.25) is 4.79 Å². The van der Waals surface area contributed by atoms with Crippen molar-refractivity contribution in [1.82, 2.24) is 10.2 Å². The number of nitrogens with one attached hydrogen (secondary N) is 1. The van der Waals surface area contributed by atoms with Crippen LogP contribution < -0.4 is 5.32 Å². The first kappa shape index (κ1) is 15.4. The summed E-state index contributed by atoms with van der Waals surface area (Å²) in [6.45, 7) is 11.4. The fourth-order valence-electron chi connectivity index (χ4n) is 2.22. The highest BCUT2D eigenvalue weighted by Crippen LogP contribution is 2.08. The summed E-state index contributed by atoms with van der Waals surface area (Å²) >= 11 is 0. The van der Waals surface area contributed by atoms with Crippen LogP contribution in [0.25, 0.3) is 0 Å². The van der Waals surface area contributed by atoms with Gasteiger partial charge in [0.15, 0.2) is 0 Å². The zero-order valence-electron chi connectivity index (χ0n) is 12.2. The fraction of sp³-hybridized carbons (Fsp3) is 0.929. The largest absolute Gasteiger partial charge is 0.378 e. The molecule has 4 heteroatoms. The Balaban J connectivity index is 2.29. The molecule has 1 N–H and O–H groups in total. The highest BCUT2D eigenvalue weighted by atomic mass is 16.5. The highest BCUT2D eigenvalue weighted by molar-refractivity contribution is 5.81. The molecule has 106 valence electrons. The lowest BCUT2D eigenvalue weighted by molar-refractivity contribution is -0.137. The Morgan fingerprint density at radius 1 is 1.17 bits per heavy atom. The second-order valence-corrected chi connectivity index (χ2v) is 5.70. The molecule has 0 saturated carbocycles. The first-order chi connectivity index (χ1) is 8.50. The third-order valence-electron chi connectivity index (χ3n) is 3.40. The predicted molar refractivity (Wildman–Crippen MR) is 73.5 cm³/mol. The van der Waals surface area contributed by atoms with Crippen LogP contribution in [-0.4, -0.2) is 49.2 Å². The number of rotatable bonds is 6. The van der Waals surface area contributed by atoms with Crippen LogP contribution in [-0.2, 0) is 9.53 Å². The molecule has 1 heterocycles. The van der Waals surface area contributed by atoms with Crippen molar-refractivity contribution < 1.29 is 9.53 Å². The molecule has 0 spiro atoms. The molecule has 1 aliphatic rings. The molecule has 0 aromatic heterocycles. The molecule has 2 atom stereocenters. The minimum atomic E-state index is -0.0923. The molecule has 1 rings (SSSR count). The summed E-state index contributed by atoms with van der Waals surface area (Å²) in [5.74, 6) is 0.925. The third-order valence-corrected chi connectivity index (χ3v) is 3.40. The van der Waals surface area contributed by atoms with E-state index in [4.69, 9.17) is 4.74 Å². The lowest BCUT2D eigenvalue weighted by Gasteiger charge is -2.30. The van der Waals surface area contributed by atoms with E-state index in [9.17, 15) is 4.79 Å². The highest BCUT2D eigenvalue weighted by Gasteiger charge is 2.23. The van der Waals surface area contributed by atoms with E-state index in [1.165, 1.54) is 6.42 Å². The van der Waals surface area contributed by atoms with Crippen LogP contribution in [0.5, 0.6) is 0 Å². The van der Waals surface area contributed by atoms with E-state index in [1.807, 2.05) is 11.8 Å². The average molecular weight is 256 g/mol. The molecular weight excluding hydrogens is 228 g/mol. The summed E-state index contributed by atoms with van der Waals surface area (Å²) in [6.07, 6.45) is 2.32. The molecule has 1 amide bonds. The van der Waals surface area contributed by atoms with Gasteiger partial charge in [0.2, 0.25) is 5.91 Å². The van der Waals surface area contributed by atoms with Gasteiger partial charge in [0.25, 0.3) is 0 Å². The van der Waals surface area contributed by atoms with Crippen molar-refractivity contribution in [2.24, 2.45) is 5.92 Å². The van der Waals surface area contributed by atoms with Crippen molar-refractivity contribution in [1.29, 1.82) is 0 Å². The van der Waals surface area contributed by atoms with Gasteiger partial charge in [-0.1, -0.05) is 13.8 Å². The number of ether oxygens (including phenoxy) is 1. The minimum absolute atomic E-state index is 0.0923. The quantitative estimate of drug-likeness (QED) is 0.785. The van der Waals surface area contributed by atoms with Crippen LogP contribution in [0, 0.1) is 5.92 Å². The number of morpholine rings is 1. The summed E-state index contributed by atoms with van der Waals surface area (Å²) < 4.78 is 5.26. The van der Waals surface area contributed by atoms with Gasteiger partial charge in [-0.05, 0) is 32.6 Å². The number of carbonyl (C=O) groups is 1. The summed E-state index contributed by atoms with van der Waals surface area (Å²) in [5, 5.41) is 3.40. The number of nitrogens with zero attached hydrogens (tertiary/aromatic N) is 1. The molecule has 4 nitrogen and oxygen atoms in total. The molecule has 1 saturated heterocycles. The lowest BCUT2D eigenvalue weighted by atomic mass is 10.0. The molecular formula is C14H28N2O2. The van der Waals surface area contributed by atoms with E-state index >= 15 is 0 Å². The van der Waals surface area contributed by atoms with Crippen LogP contribution in [0.4, 0.5) is 0 Å². The molecule has 0 aliphatic carbocycles. The maximum absolute atomic E-state index is 12.2. The first-order valence-electron chi connectivity index (χ1n) is 7.13. The molecule has 0 radical (unpaired) electrons. The van der Waals surface area contributed by atoms with Gasteiger partial charge in [0.05, 0.1) is 19.3 Å². The van der Waals surface area contributed by atoms with Crippen molar-refractivity contribution in [3.05, 3.63) is 0 Å². The number of amides is 1. The summed E-state index contributed by atoms with van der Waals surface area (Å²) in [6, 6.07) is 0.303. The van der Waals surface area contributed by atoms with Gasteiger partial charge in [-0.2, -0.15) is 0 Å². The standard InChI is InChI=1S/C14H28N2O2/c1-11(2)5-6-12(3)15-13(4)14(17)16-7-9-18-10-8-16/h11-13,15H,5-10H2,1-4H3/t12-,13+/m1/s1. The van der Waals surface area contributed by atoms with Crippen LogP contribution in [0.1, 0.15) is 40.5 Å². The van der Waals surface area contributed by atoms with Gasteiger partial charge in [0, 0.05) is 19.1 Å². The van der Waals surface area contributed by atoms with E-state index in [-0.39, 0.29) is 11.9 Å². The molecule has 0 aromatic carbocycles. The van der Waals surface area contributed by atoms with Crippen LogP contribution in [0.3, 0.4) is 0 Å². The van der Waals surface area contributed by atoms with Crippen molar-refractivity contribution in [2.45, 2.75) is 52.6 Å². The Morgan fingerprint density at radius 3 is 2.33 bits per heavy atom. The van der Waals surface area contributed by atoms with Gasteiger partial charge in [-0.15, -0.1) is 0 Å². The van der Waals surface area contributed by atoms with Gasteiger partial charge in [0.1, 0.15) is 0 Å². The van der Waals surface area contributed by atoms with Gasteiger partial charge < -0.3 is 15.0 Å². The monoisotopic (exact) mass is 256 g/mol. The maximum Gasteiger partial charge on any atom is 0.239 e. The second-order valence-electron chi connectivity index (χ2n) is 5.70. The Bertz CT molecular complexity index is 250. The summed E-state index contributed by atoms with van der Waals surface area (Å²) in [5.41, 5.74) is 0. The SMILES string of the molecule is CC(C)CC[C@@H](C)N[C@@H](C)C(=O)N1CCOCC1. The zero-order chi connectivity index (χ0) is 13.5. The van der Waals surface area contributed by atoms with Crippen LogP contribution >= 0.6 is 0 Å². The topological polar surface area (TPSA) is 41.6 Å². The Morgan fingerprint density at radius 2 is 1.78 bits per heavy atom. The van der Waals surface area contributed by atoms with E-state index < -0.39 is 0 Å². The molecule has 18 heavy (non-hydrogen) atoms. The second kappa shape index (κ2) is 7.74. The Labute approximate surface area is 111 Å². The molecule has 0 unspecified atom stereocenters. The average Bonchev–Trinajstić information content (AvgIpc) is 2.36. The molecule has 1 fully saturated rings. The smallest absolute Gasteiger partial charge is 0.239 e. The Kier molecular flexibility index (Phi) is 6.65. The summed E-state index contributed by atoms with van der Waals surface area (Å²) in [7, 11) is 0. The van der Waals surface area contributed by atoms with Crippen molar-refractivity contribution in [3.8, 4) is 0 Å². The van der Waals surface area contributed by atoms with Crippen LogP contribution in [0.2, 0.25) is 0 Å². The van der Waals surface area contributed by atoms with Crippen molar-refractivity contribution in [3.63, 3.8) is 0 Å². The van der Waals surface area contributed by atoms with E-state index in [2.05, 4.69) is 26.1 Å². The number of hydrogen-bond donors (Lipinski definition) is 1. The Hall–Kier alpha value is -0.610. The van der Waals surface area contributed by atoms with Crippen molar-refractivity contribution >= 4 is 5.91 Å². The maximum atomic E-state index is 12.2. The number of hydrogen-bond acceptors (Lipinski definition) is 3. The molecule has 0 aromatic rings. The van der Waals surface area contributed by atoms with Gasteiger partial charge >= 0.3 is 0 Å². The zero-order valence-corrected chi connectivity index (χ0v) is 12.2. The van der Waals surface area contributed by atoms with E-state index in [0.717, 1.165) is 25.4 Å². The van der Waals surface area contributed by atoms with E-state index in [1.54, 1.807) is 0 Å². The first-order valence-corrected chi connectivity index (χ1v) is 7.13. The third kappa shape index (κ3) is 5.36. The van der Waals surface area contributed by atoms with Crippen molar-refractivity contribution in [2.75, 3.05) is 26.3 Å². The lowest BCUT2D eigenvalue weighted by Crippen LogP contribution is -2.51. The van der Waals surface area contributed by atoms with Crippen LogP contribution in [0.15, 0.2) is 0 Å². The minimum Gasteiger partial charge on any atom is -0.378 e. The normalized spacial score (nSPS) is 19.9. The van der Waals surface area contributed by atoms with E-state index in [0.29, 0.717) is 19.3 Å². The van der Waals surface area contributed by atoms with Gasteiger partial charge in [-0.25, -0.2) is 0 Å².